The second kappa shape index (κ2) is 19.4. The molecule has 0 radical (unpaired) electrons. The van der Waals surface area contributed by atoms with Crippen molar-refractivity contribution in [1.29, 1.82) is 0 Å². The molecule has 0 aliphatic carbocycles. The van der Waals surface area contributed by atoms with Crippen LogP contribution in [0.3, 0.4) is 0 Å². The number of anilines is 2. The summed E-state index contributed by atoms with van der Waals surface area (Å²) >= 11 is 13.4. The number of piperidine rings is 2. The van der Waals surface area contributed by atoms with Crippen molar-refractivity contribution in [3.8, 4) is 22.3 Å². The lowest BCUT2D eigenvalue weighted by atomic mass is 10.0. The van der Waals surface area contributed by atoms with E-state index in [4.69, 9.17) is 38.4 Å². The van der Waals surface area contributed by atoms with Crippen LogP contribution in [0.4, 0.5) is 16.4 Å². The standard InChI is InChI=1S/C22H26ClN5O3.C21H25ClN4O2/c1-14(29)27-7-4-18(5-8-27)31-13-17-10-25-12-19(20(17)23)16-9-15-3-2-6-28(22(24)30)21(15)26-11-16;1-14(27)26-7-4-18(5-8-26)28-13-17-10-23-12-19(20(17)22)16-9-15-3-2-6-24-21(15)25-11-16/h9-12,18H,2-8,13H2,1H3,(H2,24,30);9-12,18H,2-8,13H2,1H3,(H,24,25). The molecule has 8 rings (SSSR count). The van der Waals surface area contributed by atoms with Gasteiger partial charge in [-0.2, -0.15) is 0 Å². The number of aryl methyl sites for hydroxylation is 2. The van der Waals surface area contributed by atoms with Gasteiger partial charge in [0.15, 0.2) is 0 Å². The van der Waals surface area contributed by atoms with Crippen LogP contribution in [0.2, 0.25) is 10.0 Å². The Bertz CT molecular complexity index is 2160. The van der Waals surface area contributed by atoms with Gasteiger partial charge in [0.05, 0.1) is 35.5 Å². The Balaban J connectivity index is 0.000000180. The van der Waals surface area contributed by atoms with Gasteiger partial charge in [-0.05, 0) is 74.6 Å². The fourth-order valence-corrected chi connectivity index (χ4v) is 8.51. The van der Waals surface area contributed by atoms with Crippen molar-refractivity contribution in [2.75, 3.05) is 49.5 Å². The summed E-state index contributed by atoms with van der Waals surface area (Å²) < 4.78 is 12.1. The lowest BCUT2D eigenvalue weighted by Crippen LogP contribution is -2.40. The van der Waals surface area contributed by atoms with E-state index in [2.05, 4.69) is 31.3 Å². The van der Waals surface area contributed by atoms with E-state index in [-0.39, 0.29) is 24.0 Å². The quantitative estimate of drug-likeness (QED) is 0.192. The monoisotopic (exact) mass is 843 g/mol. The highest BCUT2D eigenvalue weighted by atomic mass is 35.5. The van der Waals surface area contributed by atoms with Crippen LogP contribution in [0.15, 0.2) is 49.3 Å². The SMILES string of the molecule is CC(=O)N1CCC(OCc2cncc(-c3cnc4c(c3)CCCN4)c2Cl)CC1.CC(=O)N1CCC(OCc2cncc(-c3cnc4c(c3)CCCN4C(N)=O)c2Cl)CC1. The van der Waals surface area contributed by atoms with Crippen molar-refractivity contribution in [3.63, 3.8) is 0 Å². The number of hydrogen-bond donors (Lipinski definition) is 2. The summed E-state index contributed by atoms with van der Waals surface area (Å²) in [7, 11) is 0. The van der Waals surface area contributed by atoms with Crippen molar-refractivity contribution in [2.45, 2.75) is 90.6 Å². The summed E-state index contributed by atoms with van der Waals surface area (Å²) in [5, 5.41) is 4.58. The van der Waals surface area contributed by atoms with E-state index in [0.717, 1.165) is 129 Å². The zero-order valence-electron chi connectivity index (χ0n) is 33.6. The zero-order chi connectivity index (χ0) is 41.5. The molecule has 0 aromatic carbocycles. The van der Waals surface area contributed by atoms with Crippen LogP contribution >= 0.6 is 23.2 Å². The molecule has 4 aromatic heterocycles. The van der Waals surface area contributed by atoms with Gasteiger partial charge in [-0.3, -0.25) is 24.5 Å². The molecule has 4 amide bonds. The van der Waals surface area contributed by atoms with Crippen LogP contribution in [0.25, 0.3) is 22.3 Å². The Morgan fingerprint density at radius 1 is 0.712 bits per heavy atom. The number of halogens is 2. The third-order valence-electron chi connectivity index (χ3n) is 11.4. The van der Waals surface area contributed by atoms with E-state index in [9.17, 15) is 14.4 Å². The van der Waals surface area contributed by atoms with Crippen LogP contribution in [0, 0.1) is 0 Å². The van der Waals surface area contributed by atoms with E-state index < -0.39 is 6.03 Å². The molecule has 0 bridgehead atoms. The number of urea groups is 1. The molecular weight excluding hydrogens is 793 g/mol. The smallest absolute Gasteiger partial charge is 0.320 e. The molecule has 8 heterocycles. The first-order valence-corrected chi connectivity index (χ1v) is 21.1. The molecular formula is C43H51Cl2N9O5. The number of nitrogens with zero attached hydrogens (tertiary/aromatic N) is 7. The predicted octanol–water partition coefficient (Wildman–Crippen LogP) is 6.84. The Hall–Kier alpha value is -4.89. The summed E-state index contributed by atoms with van der Waals surface area (Å²) in [4.78, 5) is 57.5. The maximum Gasteiger partial charge on any atom is 0.320 e. The van der Waals surface area contributed by atoms with Gasteiger partial charge in [-0.1, -0.05) is 23.2 Å². The molecule has 4 aliphatic heterocycles. The number of carbonyl (C=O) groups is 3. The fraction of sp³-hybridized carbons (Fsp3) is 0.465. The first kappa shape index (κ1) is 42.2. The van der Waals surface area contributed by atoms with Gasteiger partial charge in [0.2, 0.25) is 11.8 Å². The number of amides is 4. The minimum Gasteiger partial charge on any atom is -0.373 e. The minimum absolute atomic E-state index is 0.0977. The highest BCUT2D eigenvalue weighted by Gasteiger charge is 2.25. The highest BCUT2D eigenvalue weighted by Crippen LogP contribution is 2.35. The lowest BCUT2D eigenvalue weighted by Gasteiger charge is -2.31. The van der Waals surface area contributed by atoms with Crippen molar-refractivity contribution >= 4 is 52.7 Å². The number of primary amides is 1. The van der Waals surface area contributed by atoms with Gasteiger partial charge in [0.1, 0.15) is 11.6 Å². The fourth-order valence-electron chi connectivity index (χ4n) is 7.99. The largest absolute Gasteiger partial charge is 0.373 e. The van der Waals surface area contributed by atoms with E-state index >= 15 is 0 Å². The number of hydrogen-bond acceptors (Lipinski definition) is 10. The van der Waals surface area contributed by atoms with E-state index in [1.54, 1.807) is 44.8 Å². The molecule has 0 spiro atoms. The molecule has 0 atom stereocenters. The van der Waals surface area contributed by atoms with E-state index in [0.29, 0.717) is 35.6 Å². The number of nitrogens with two attached hydrogens (primary N) is 1. The first-order chi connectivity index (χ1) is 28.5. The highest BCUT2D eigenvalue weighted by molar-refractivity contribution is 6.34. The van der Waals surface area contributed by atoms with Gasteiger partial charge >= 0.3 is 6.03 Å². The molecule has 3 N–H and O–H groups in total. The number of rotatable bonds is 8. The Labute approximate surface area is 354 Å². The predicted molar refractivity (Wildman–Crippen MR) is 227 cm³/mol. The second-order valence-corrected chi connectivity index (χ2v) is 16.2. The molecule has 0 unspecified atom stereocenters. The van der Waals surface area contributed by atoms with Crippen molar-refractivity contribution in [3.05, 3.63) is 81.6 Å². The Morgan fingerprint density at radius 2 is 1.22 bits per heavy atom. The van der Waals surface area contributed by atoms with Gasteiger partial charge in [-0.25, -0.2) is 14.8 Å². The molecule has 0 saturated carbocycles. The van der Waals surface area contributed by atoms with Crippen molar-refractivity contribution < 1.29 is 23.9 Å². The second-order valence-electron chi connectivity index (χ2n) is 15.4. The zero-order valence-corrected chi connectivity index (χ0v) is 35.1. The van der Waals surface area contributed by atoms with E-state index in [1.165, 1.54) is 10.5 Å². The normalized spacial score (nSPS) is 17.0. The number of pyridine rings is 4. The van der Waals surface area contributed by atoms with Gasteiger partial charge in [0, 0.05) is 124 Å². The van der Waals surface area contributed by atoms with Gasteiger partial charge < -0.3 is 30.3 Å². The van der Waals surface area contributed by atoms with Crippen LogP contribution in [-0.2, 0) is 45.1 Å². The number of aromatic nitrogens is 4. The van der Waals surface area contributed by atoms with Crippen LogP contribution in [0.1, 0.15) is 74.6 Å². The number of ether oxygens (including phenoxy) is 2. The Morgan fingerprint density at radius 3 is 1.75 bits per heavy atom. The lowest BCUT2D eigenvalue weighted by molar-refractivity contribution is -0.132. The third kappa shape index (κ3) is 10.3. The number of fused-ring (bicyclic) bond motifs is 2. The summed E-state index contributed by atoms with van der Waals surface area (Å²) in [6.07, 6.45) is 17.9. The molecule has 14 nitrogen and oxygen atoms in total. The molecule has 4 aliphatic rings. The van der Waals surface area contributed by atoms with Crippen molar-refractivity contribution in [2.24, 2.45) is 5.73 Å². The van der Waals surface area contributed by atoms with Crippen LogP contribution < -0.4 is 16.0 Å². The average molecular weight is 845 g/mol. The number of nitrogens with one attached hydrogen (secondary N) is 1. The molecule has 2 fully saturated rings. The molecule has 16 heteroatoms. The summed E-state index contributed by atoms with van der Waals surface area (Å²) in [5.74, 6) is 1.82. The maximum absolute atomic E-state index is 11.7. The van der Waals surface area contributed by atoms with E-state index in [1.807, 2.05) is 22.1 Å². The Kier molecular flexibility index (Phi) is 13.9. The molecule has 312 valence electrons. The average Bonchev–Trinajstić information content (AvgIpc) is 3.25. The summed E-state index contributed by atoms with van der Waals surface area (Å²) in [6.45, 7) is 8.48. The number of likely N-dealkylation sites (tertiary alicyclic amines) is 2. The van der Waals surface area contributed by atoms with Crippen molar-refractivity contribution in [1.82, 2.24) is 29.7 Å². The topological polar surface area (TPSA) is 169 Å². The molecule has 59 heavy (non-hydrogen) atoms. The minimum atomic E-state index is -0.491. The summed E-state index contributed by atoms with van der Waals surface area (Å²) in [5.41, 5.74) is 12.8. The van der Waals surface area contributed by atoms with Gasteiger partial charge in [0.25, 0.3) is 0 Å². The maximum atomic E-state index is 11.7. The summed E-state index contributed by atoms with van der Waals surface area (Å²) in [6, 6.07) is 3.66. The van der Waals surface area contributed by atoms with Crippen LogP contribution in [-0.4, -0.2) is 99.1 Å². The van der Waals surface area contributed by atoms with Gasteiger partial charge in [-0.15, -0.1) is 0 Å². The third-order valence-corrected chi connectivity index (χ3v) is 12.3. The van der Waals surface area contributed by atoms with Crippen LogP contribution in [0.5, 0.6) is 0 Å². The molecule has 2 saturated heterocycles. The first-order valence-electron chi connectivity index (χ1n) is 20.3. The number of carbonyl (C=O) groups excluding carboxylic acids is 3. The molecule has 4 aromatic rings.